The molecule has 0 aliphatic carbocycles. The van der Waals surface area contributed by atoms with Gasteiger partial charge in [0.15, 0.2) is 0 Å². The second-order valence-corrected chi connectivity index (χ2v) is 3.11. The molecule has 0 fully saturated rings. The molecule has 1 rings (SSSR count). The number of nitrogens with two attached hydrogens (primary N) is 1. The third kappa shape index (κ3) is 1.78. The van der Waals surface area contributed by atoms with Crippen molar-refractivity contribution < 1.29 is 5.11 Å². The minimum Gasteiger partial charge on any atom is -0.387 e. The van der Waals surface area contributed by atoms with Crippen LogP contribution < -0.4 is 5.73 Å². The lowest BCUT2D eigenvalue weighted by atomic mass is 10.0. The maximum absolute atomic E-state index is 9.45. The SMILES string of the molecule is Cc1c(Cl)cccc1C(O)CN. The van der Waals surface area contributed by atoms with Crippen LogP contribution in [0.1, 0.15) is 17.2 Å². The van der Waals surface area contributed by atoms with Gasteiger partial charge in [-0.3, -0.25) is 0 Å². The summed E-state index contributed by atoms with van der Waals surface area (Å²) in [5.41, 5.74) is 7.04. The molecule has 0 saturated carbocycles. The van der Waals surface area contributed by atoms with Crippen LogP contribution in [0.3, 0.4) is 0 Å². The molecule has 1 unspecified atom stereocenters. The Labute approximate surface area is 77.0 Å². The molecule has 2 nitrogen and oxygen atoms in total. The number of rotatable bonds is 2. The molecule has 0 aromatic heterocycles. The van der Waals surface area contributed by atoms with Gasteiger partial charge in [0.1, 0.15) is 0 Å². The molecule has 0 bridgehead atoms. The summed E-state index contributed by atoms with van der Waals surface area (Å²) in [5.74, 6) is 0. The van der Waals surface area contributed by atoms with Crippen LogP contribution in [-0.2, 0) is 0 Å². The summed E-state index contributed by atoms with van der Waals surface area (Å²) in [6.07, 6.45) is -0.608. The average molecular weight is 186 g/mol. The van der Waals surface area contributed by atoms with E-state index in [4.69, 9.17) is 17.3 Å². The number of aliphatic hydroxyl groups is 1. The van der Waals surface area contributed by atoms with Gasteiger partial charge in [0.2, 0.25) is 0 Å². The summed E-state index contributed by atoms with van der Waals surface area (Å²) in [7, 11) is 0. The maximum Gasteiger partial charge on any atom is 0.0915 e. The number of aliphatic hydroxyl groups excluding tert-OH is 1. The molecule has 0 spiro atoms. The first-order valence-electron chi connectivity index (χ1n) is 3.80. The van der Waals surface area contributed by atoms with Crippen molar-refractivity contribution in [1.82, 2.24) is 0 Å². The highest BCUT2D eigenvalue weighted by atomic mass is 35.5. The first-order valence-corrected chi connectivity index (χ1v) is 4.17. The van der Waals surface area contributed by atoms with Gasteiger partial charge in [-0.25, -0.2) is 0 Å². The van der Waals surface area contributed by atoms with Crippen LogP contribution in [0.4, 0.5) is 0 Å². The lowest BCUT2D eigenvalue weighted by Gasteiger charge is -2.11. The highest BCUT2D eigenvalue weighted by molar-refractivity contribution is 6.31. The quantitative estimate of drug-likeness (QED) is 0.736. The van der Waals surface area contributed by atoms with Crippen LogP contribution in [0.15, 0.2) is 18.2 Å². The molecule has 3 N–H and O–H groups in total. The largest absolute Gasteiger partial charge is 0.387 e. The number of hydrogen-bond acceptors (Lipinski definition) is 2. The second kappa shape index (κ2) is 3.90. The lowest BCUT2D eigenvalue weighted by molar-refractivity contribution is 0.186. The Balaban J connectivity index is 3.07. The predicted molar refractivity (Wildman–Crippen MR) is 50.2 cm³/mol. The number of hydrogen-bond donors (Lipinski definition) is 2. The normalized spacial score (nSPS) is 13.0. The van der Waals surface area contributed by atoms with Crippen LogP contribution in [0.5, 0.6) is 0 Å². The van der Waals surface area contributed by atoms with Crippen LogP contribution >= 0.6 is 11.6 Å². The van der Waals surface area contributed by atoms with Crippen molar-refractivity contribution in [2.45, 2.75) is 13.0 Å². The minimum atomic E-state index is -0.608. The summed E-state index contributed by atoms with van der Waals surface area (Å²) in [6, 6.07) is 5.44. The van der Waals surface area contributed by atoms with Crippen molar-refractivity contribution in [3.63, 3.8) is 0 Å². The van der Waals surface area contributed by atoms with Gasteiger partial charge in [0, 0.05) is 11.6 Å². The zero-order valence-corrected chi connectivity index (χ0v) is 7.67. The molecule has 0 heterocycles. The fraction of sp³-hybridized carbons (Fsp3) is 0.333. The molecule has 0 saturated heterocycles. The van der Waals surface area contributed by atoms with E-state index in [1.165, 1.54) is 0 Å². The predicted octanol–water partition coefficient (Wildman–Crippen LogP) is 1.64. The summed E-state index contributed by atoms with van der Waals surface area (Å²) in [6.45, 7) is 2.09. The van der Waals surface area contributed by atoms with E-state index in [0.717, 1.165) is 11.1 Å². The van der Waals surface area contributed by atoms with E-state index in [9.17, 15) is 5.11 Å². The minimum absolute atomic E-state index is 0.223. The molecule has 0 radical (unpaired) electrons. The Morgan fingerprint density at radius 1 is 1.58 bits per heavy atom. The lowest BCUT2D eigenvalue weighted by Crippen LogP contribution is -2.12. The Bertz CT molecular complexity index is 275. The standard InChI is InChI=1S/C9H12ClNO/c1-6-7(9(12)5-11)3-2-4-8(6)10/h2-4,9,12H,5,11H2,1H3. The van der Waals surface area contributed by atoms with Gasteiger partial charge in [-0.05, 0) is 24.1 Å². The molecule has 1 atom stereocenters. The fourth-order valence-electron chi connectivity index (χ4n) is 1.11. The van der Waals surface area contributed by atoms with E-state index >= 15 is 0 Å². The van der Waals surface area contributed by atoms with Crippen molar-refractivity contribution in [2.75, 3.05) is 6.54 Å². The zero-order valence-electron chi connectivity index (χ0n) is 6.92. The highest BCUT2D eigenvalue weighted by Gasteiger charge is 2.09. The van der Waals surface area contributed by atoms with Crippen LogP contribution in [0.2, 0.25) is 5.02 Å². The van der Waals surface area contributed by atoms with Crippen LogP contribution in [0, 0.1) is 6.92 Å². The van der Waals surface area contributed by atoms with Gasteiger partial charge < -0.3 is 10.8 Å². The van der Waals surface area contributed by atoms with E-state index in [0.29, 0.717) is 5.02 Å². The Kier molecular flexibility index (Phi) is 3.09. The smallest absolute Gasteiger partial charge is 0.0915 e. The topological polar surface area (TPSA) is 46.2 Å². The molecule has 1 aromatic carbocycles. The molecule has 12 heavy (non-hydrogen) atoms. The van der Waals surface area contributed by atoms with Crippen molar-refractivity contribution in [3.8, 4) is 0 Å². The van der Waals surface area contributed by atoms with Gasteiger partial charge in [0.25, 0.3) is 0 Å². The molecule has 1 aromatic rings. The summed E-state index contributed by atoms with van der Waals surface area (Å²) >= 11 is 5.86. The molecule has 66 valence electrons. The Hall–Kier alpha value is -0.570. The maximum atomic E-state index is 9.45. The molecular weight excluding hydrogens is 174 g/mol. The van der Waals surface area contributed by atoms with Crippen molar-refractivity contribution in [2.24, 2.45) is 5.73 Å². The third-order valence-corrected chi connectivity index (χ3v) is 2.30. The Morgan fingerprint density at radius 3 is 2.83 bits per heavy atom. The first-order chi connectivity index (χ1) is 5.66. The molecule has 0 aliphatic heterocycles. The van der Waals surface area contributed by atoms with E-state index in [2.05, 4.69) is 0 Å². The summed E-state index contributed by atoms with van der Waals surface area (Å²) in [4.78, 5) is 0. The number of benzene rings is 1. The fourth-order valence-corrected chi connectivity index (χ4v) is 1.29. The van der Waals surface area contributed by atoms with Gasteiger partial charge in [-0.1, -0.05) is 23.7 Å². The van der Waals surface area contributed by atoms with Gasteiger partial charge in [-0.15, -0.1) is 0 Å². The highest BCUT2D eigenvalue weighted by Crippen LogP contribution is 2.23. The molecule has 0 aliphatic rings. The molecule has 0 amide bonds. The third-order valence-electron chi connectivity index (χ3n) is 1.89. The van der Waals surface area contributed by atoms with Gasteiger partial charge in [-0.2, -0.15) is 0 Å². The second-order valence-electron chi connectivity index (χ2n) is 2.71. The van der Waals surface area contributed by atoms with E-state index < -0.39 is 6.10 Å². The summed E-state index contributed by atoms with van der Waals surface area (Å²) < 4.78 is 0. The monoisotopic (exact) mass is 185 g/mol. The van der Waals surface area contributed by atoms with E-state index in [-0.39, 0.29) is 6.54 Å². The van der Waals surface area contributed by atoms with E-state index in [1.807, 2.05) is 19.1 Å². The molecule has 3 heteroatoms. The van der Waals surface area contributed by atoms with E-state index in [1.54, 1.807) is 6.07 Å². The van der Waals surface area contributed by atoms with Crippen LogP contribution in [-0.4, -0.2) is 11.7 Å². The van der Waals surface area contributed by atoms with Crippen LogP contribution in [0.25, 0.3) is 0 Å². The molecular formula is C9H12ClNO. The van der Waals surface area contributed by atoms with Crippen molar-refractivity contribution in [1.29, 1.82) is 0 Å². The van der Waals surface area contributed by atoms with Crippen molar-refractivity contribution in [3.05, 3.63) is 34.3 Å². The van der Waals surface area contributed by atoms with Crippen molar-refractivity contribution >= 4 is 11.6 Å². The summed E-state index contributed by atoms with van der Waals surface area (Å²) in [5, 5.41) is 10.1. The zero-order chi connectivity index (χ0) is 9.14. The first kappa shape index (κ1) is 9.52. The average Bonchev–Trinajstić information content (AvgIpc) is 2.08. The number of halogens is 1. The van der Waals surface area contributed by atoms with Gasteiger partial charge >= 0.3 is 0 Å². The Morgan fingerprint density at radius 2 is 2.25 bits per heavy atom. The van der Waals surface area contributed by atoms with Gasteiger partial charge in [0.05, 0.1) is 6.10 Å².